The lowest BCUT2D eigenvalue weighted by Gasteiger charge is -2.16. The highest BCUT2D eigenvalue weighted by molar-refractivity contribution is 7.89. The van der Waals surface area contributed by atoms with E-state index >= 15 is 0 Å². The van der Waals surface area contributed by atoms with Gasteiger partial charge in [0.1, 0.15) is 17.9 Å². The van der Waals surface area contributed by atoms with Crippen LogP contribution in [0.4, 0.5) is 5.95 Å². The number of carboxylic acids is 1. The lowest BCUT2D eigenvalue weighted by molar-refractivity contribution is -0.138. The zero-order valence-corrected chi connectivity index (χ0v) is 20.4. The summed E-state index contributed by atoms with van der Waals surface area (Å²) >= 11 is 0. The number of amides is 1. The van der Waals surface area contributed by atoms with Crippen molar-refractivity contribution >= 4 is 33.6 Å². The maximum atomic E-state index is 12.8. The van der Waals surface area contributed by atoms with Gasteiger partial charge in [-0.05, 0) is 23.3 Å². The maximum absolute atomic E-state index is 12.8. The molecular weight excluding hydrogens is 500 g/mol. The number of sulfonamides is 1. The molecule has 3 aromatic rings. The molecule has 2 aromatic carbocycles. The highest BCUT2D eigenvalue weighted by atomic mass is 32.2. The Morgan fingerprint density at radius 1 is 1.11 bits per heavy atom. The van der Waals surface area contributed by atoms with Crippen LogP contribution in [-0.2, 0) is 24.4 Å². The Labute approximate surface area is 213 Å². The summed E-state index contributed by atoms with van der Waals surface area (Å²) in [6, 6.07) is 13.9. The van der Waals surface area contributed by atoms with Crippen molar-refractivity contribution < 1.29 is 28.0 Å². The second-order valence-corrected chi connectivity index (χ2v) is 9.95. The van der Waals surface area contributed by atoms with Gasteiger partial charge in [0.2, 0.25) is 10.0 Å². The van der Waals surface area contributed by atoms with Crippen molar-refractivity contribution in [1.82, 2.24) is 20.0 Å². The molecule has 2 atom stereocenters. The molecular formula is C24H26N6O6S. The molecule has 2 heterocycles. The van der Waals surface area contributed by atoms with Crippen LogP contribution >= 0.6 is 0 Å². The number of carbonyl (C=O) groups is 2. The molecule has 5 N–H and O–H groups in total. The molecule has 0 fully saturated rings. The van der Waals surface area contributed by atoms with Crippen LogP contribution in [0.3, 0.4) is 0 Å². The number of hydrogen-bond donors (Lipinski definition) is 5. The van der Waals surface area contributed by atoms with E-state index in [4.69, 9.17) is 4.84 Å². The first-order valence-electron chi connectivity index (χ1n) is 11.5. The zero-order valence-electron chi connectivity index (χ0n) is 19.6. The normalized spacial score (nSPS) is 15.9. The standard InChI is InChI=1S/C24H26N6O6S/c31-22(20-14-18(36-29-20)10-11-25-24-26-12-13-27-24)28-15-21(23(32)33)30-37(34,35)19-8-6-17(7-9-19)16-4-2-1-3-5-16/h1-9,12-13,18,21,30H,10-11,14-15H2,(H,28,31)(H,32,33)(H2,25,26,27). The lowest BCUT2D eigenvalue weighted by Crippen LogP contribution is -2.49. The molecule has 37 heavy (non-hydrogen) atoms. The van der Waals surface area contributed by atoms with E-state index in [9.17, 15) is 23.1 Å². The molecule has 1 aliphatic rings. The summed E-state index contributed by atoms with van der Waals surface area (Å²) in [7, 11) is -4.16. The van der Waals surface area contributed by atoms with Crippen LogP contribution in [0, 0.1) is 0 Å². The molecule has 0 bridgehead atoms. The molecule has 1 amide bonds. The van der Waals surface area contributed by atoms with E-state index in [2.05, 4.69) is 30.5 Å². The first-order valence-corrected chi connectivity index (χ1v) is 12.9. The van der Waals surface area contributed by atoms with Gasteiger partial charge in [-0.25, -0.2) is 13.4 Å². The fourth-order valence-corrected chi connectivity index (χ4v) is 4.81. The predicted molar refractivity (Wildman–Crippen MR) is 135 cm³/mol. The molecule has 4 rings (SSSR count). The van der Waals surface area contributed by atoms with E-state index in [1.165, 1.54) is 12.1 Å². The Morgan fingerprint density at radius 2 is 1.84 bits per heavy atom. The monoisotopic (exact) mass is 526 g/mol. The minimum Gasteiger partial charge on any atom is -0.480 e. The van der Waals surface area contributed by atoms with Crippen molar-refractivity contribution in [3.05, 3.63) is 67.0 Å². The summed E-state index contributed by atoms with van der Waals surface area (Å²) in [6.07, 6.45) is 3.78. The number of benzene rings is 2. The van der Waals surface area contributed by atoms with Crippen molar-refractivity contribution in [3.8, 4) is 11.1 Å². The van der Waals surface area contributed by atoms with Gasteiger partial charge in [0.25, 0.3) is 5.91 Å². The van der Waals surface area contributed by atoms with Gasteiger partial charge in [0.15, 0.2) is 5.95 Å². The van der Waals surface area contributed by atoms with Crippen molar-refractivity contribution in [1.29, 1.82) is 0 Å². The minimum absolute atomic E-state index is 0.0932. The summed E-state index contributed by atoms with van der Waals surface area (Å²) in [5.41, 5.74) is 1.84. The summed E-state index contributed by atoms with van der Waals surface area (Å²) in [5, 5.41) is 18.8. The number of aliphatic carboxylic acids is 1. The number of oxime groups is 1. The Hall–Kier alpha value is -4.23. The number of hydrogen-bond acceptors (Lipinski definition) is 8. The zero-order chi connectivity index (χ0) is 26.3. The molecule has 12 nitrogen and oxygen atoms in total. The Kier molecular flexibility index (Phi) is 8.15. The fraction of sp³-hybridized carbons (Fsp3) is 0.250. The first-order chi connectivity index (χ1) is 17.8. The summed E-state index contributed by atoms with van der Waals surface area (Å²) in [4.78, 5) is 36.3. The molecule has 0 aliphatic carbocycles. The molecule has 1 aromatic heterocycles. The fourth-order valence-electron chi connectivity index (χ4n) is 3.62. The van der Waals surface area contributed by atoms with E-state index in [1.807, 2.05) is 30.3 Å². The highest BCUT2D eigenvalue weighted by Gasteiger charge is 2.29. The SMILES string of the molecule is O=C(NCC(NS(=O)(=O)c1ccc(-c2ccccc2)cc1)C(=O)O)C1=NOC(CCNc2ncc[nH]2)C1. The number of imidazole rings is 1. The van der Waals surface area contributed by atoms with Gasteiger partial charge in [-0.1, -0.05) is 47.6 Å². The van der Waals surface area contributed by atoms with Crippen LogP contribution in [0.15, 0.2) is 77.0 Å². The largest absolute Gasteiger partial charge is 0.480 e. The van der Waals surface area contributed by atoms with Gasteiger partial charge in [0.05, 0.1) is 4.90 Å². The topological polar surface area (TPSA) is 175 Å². The number of rotatable bonds is 12. The minimum atomic E-state index is -4.16. The summed E-state index contributed by atoms with van der Waals surface area (Å²) in [6.45, 7) is 0.0665. The third-order valence-electron chi connectivity index (χ3n) is 5.59. The van der Waals surface area contributed by atoms with E-state index in [1.54, 1.807) is 24.5 Å². The Morgan fingerprint density at radius 3 is 2.51 bits per heavy atom. The van der Waals surface area contributed by atoms with Crippen LogP contribution < -0.4 is 15.4 Å². The van der Waals surface area contributed by atoms with Crippen LogP contribution in [0.2, 0.25) is 0 Å². The Bertz CT molecular complexity index is 1340. The average molecular weight is 527 g/mol. The number of anilines is 1. The van der Waals surface area contributed by atoms with E-state index in [0.717, 1.165) is 11.1 Å². The second kappa shape index (κ2) is 11.7. The molecule has 0 saturated carbocycles. The first kappa shape index (κ1) is 25.9. The van der Waals surface area contributed by atoms with Gasteiger partial charge in [0, 0.05) is 38.3 Å². The van der Waals surface area contributed by atoms with Crippen molar-refractivity contribution in [2.24, 2.45) is 5.16 Å². The second-order valence-electron chi connectivity index (χ2n) is 8.24. The predicted octanol–water partition coefficient (Wildman–Crippen LogP) is 1.57. The van der Waals surface area contributed by atoms with Crippen LogP contribution in [-0.4, -0.2) is 66.3 Å². The van der Waals surface area contributed by atoms with Gasteiger partial charge in [-0.15, -0.1) is 0 Å². The average Bonchev–Trinajstić information content (AvgIpc) is 3.59. The van der Waals surface area contributed by atoms with E-state index in [-0.39, 0.29) is 23.1 Å². The van der Waals surface area contributed by atoms with Crippen molar-refractivity contribution in [2.45, 2.75) is 29.9 Å². The van der Waals surface area contributed by atoms with E-state index < -0.39 is 34.5 Å². The summed E-state index contributed by atoms with van der Waals surface area (Å²) in [5.74, 6) is -1.44. The van der Waals surface area contributed by atoms with Gasteiger partial charge in [-0.2, -0.15) is 4.72 Å². The van der Waals surface area contributed by atoms with Crippen LogP contribution in [0.5, 0.6) is 0 Å². The number of aromatic nitrogens is 2. The molecule has 2 unspecified atom stereocenters. The van der Waals surface area contributed by atoms with Gasteiger partial charge in [-0.3, -0.25) is 9.59 Å². The third-order valence-corrected chi connectivity index (χ3v) is 7.07. The number of carboxylic acid groups (broad SMARTS) is 1. The van der Waals surface area contributed by atoms with E-state index in [0.29, 0.717) is 18.9 Å². The quantitative estimate of drug-likeness (QED) is 0.236. The molecule has 0 saturated heterocycles. The number of aromatic amines is 1. The maximum Gasteiger partial charge on any atom is 0.323 e. The molecule has 194 valence electrons. The summed E-state index contributed by atoms with van der Waals surface area (Å²) < 4.78 is 27.7. The molecule has 1 aliphatic heterocycles. The van der Waals surface area contributed by atoms with Crippen LogP contribution in [0.1, 0.15) is 12.8 Å². The molecule has 13 heteroatoms. The smallest absolute Gasteiger partial charge is 0.323 e. The Balaban J connectivity index is 1.28. The van der Waals surface area contributed by atoms with Crippen LogP contribution in [0.25, 0.3) is 11.1 Å². The van der Waals surface area contributed by atoms with Gasteiger partial charge < -0.3 is 25.6 Å². The molecule has 0 radical (unpaired) electrons. The van der Waals surface area contributed by atoms with Gasteiger partial charge >= 0.3 is 5.97 Å². The van der Waals surface area contributed by atoms with Crippen molar-refractivity contribution in [3.63, 3.8) is 0 Å². The van der Waals surface area contributed by atoms with Crippen molar-refractivity contribution in [2.75, 3.05) is 18.4 Å². The highest BCUT2D eigenvalue weighted by Crippen LogP contribution is 2.21. The number of carbonyl (C=O) groups excluding carboxylic acids is 1. The molecule has 0 spiro atoms. The number of nitrogens with one attached hydrogen (secondary N) is 4. The number of H-pyrrole nitrogens is 1. The lowest BCUT2D eigenvalue weighted by atomic mass is 10.1. The third kappa shape index (κ3) is 6.92. The number of nitrogens with zero attached hydrogens (tertiary/aromatic N) is 2.